The molecule has 0 amide bonds. The van der Waals surface area contributed by atoms with Crippen LogP contribution in [0.15, 0.2) is 0 Å². The molecule has 5 heteroatoms. The molecule has 1 N–H and O–H groups in total. The van der Waals surface area contributed by atoms with Crippen LogP contribution >= 0.6 is 0 Å². The van der Waals surface area contributed by atoms with E-state index in [1.54, 1.807) is 0 Å². The van der Waals surface area contributed by atoms with Gasteiger partial charge in [0.05, 0.1) is 19.8 Å². The minimum atomic E-state index is -1.71. The third-order valence-electron chi connectivity index (χ3n) is 6.86. The number of fused-ring (bicyclic) bond motifs is 1. The van der Waals surface area contributed by atoms with Crippen molar-refractivity contribution >= 4 is 8.32 Å². The molecule has 1 spiro atoms. The largest absolute Gasteiger partial charge is 0.414 e. The Morgan fingerprint density at radius 1 is 1.17 bits per heavy atom. The predicted octanol–water partition coefficient (Wildman–Crippen LogP) is 3.55. The molecule has 3 rings (SSSR count). The van der Waals surface area contributed by atoms with Crippen LogP contribution in [0, 0.1) is 17.8 Å². The highest BCUT2D eigenvalue weighted by Crippen LogP contribution is 2.55. The number of aliphatic hydroxyl groups excluding tert-OH is 1. The molecule has 0 aromatic rings. The quantitative estimate of drug-likeness (QED) is 0.797. The third kappa shape index (κ3) is 3.15. The van der Waals surface area contributed by atoms with Crippen molar-refractivity contribution in [3.63, 3.8) is 0 Å². The molecule has 1 heterocycles. The Balaban J connectivity index is 1.68. The fourth-order valence-corrected chi connectivity index (χ4v) is 6.03. The Bertz CT molecular complexity index is 425. The lowest BCUT2D eigenvalue weighted by atomic mass is 9.77. The second-order valence-corrected chi connectivity index (χ2v) is 14.0. The fraction of sp³-hybridized carbons (Fsp3) is 1.00. The molecular weight excluding hydrogens is 308 g/mol. The molecule has 1 aliphatic heterocycles. The first-order chi connectivity index (χ1) is 10.7. The van der Waals surface area contributed by atoms with Crippen LogP contribution in [0.2, 0.25) is 18.1 Å². The monoisotopic (exact) mass is 342 g/mol. The van der Waals surface area contributed by atoms with Crippen LogP contribution in [-0.2, 0) is 13.9 Å². The van der Waals surface area contributed by atoms with E-state index >= 15 is 0 Å². The van der Waals surface area contributed by atoms with E-state index < -0.39 is 14.1 Å². The SMILES string of the molecule is CC(C)(C)[Si](C)(C)O[C@@H]1CC[C@@H]2[C@@H](C1)CC1(OCCO1)[C@H]2CO. The zero-order chi connectivity index (χ0) is 16.9. The molecule has 134 valence electrons. The second-order valence-electron chi connectivity index (χ2n) is 9.24. The minimum absolute atomic E-state index is 0.142. The van der Waals surface area contributed by atoms with Crippen molar-refractivity contribution in [1.82, 2.24) is 0 Å². The first-order valence-electron chi connectivity index (χ1n) is 9.25. The maximum atomic E-state index is 9.91. The number of aliphatic hydroxyl groups is 1. The van der Waals surface area contributed by atoms with Gasteiger partial charge in [0.15, 0.2) is 14.1 Å². The lowest BCUT2D eigenvalue weighted by molar-refractivity contribution is -0.194. The van der Waals surface area contributed by atoms with Crippen molar-refractivity contribution in [3.05, 3.63) is 0 Å². The maximum absolute atomic E-state index is 9.91. The summed E-state index contributed by atoms with van der Waals surface area (Å²) in [7, 11) is -1.71. The normalized spacial score (nSPS) is 37.3. The van der Waals surface area contributed by atoms with Gasteiger partial charge in [-0.1, -0.05) is 20.8 Å². The first-order valence-corrected chi connectivity index (χ1v) is 12.2. The van der Waals surface area contributed by atoms with Gasteiger partial charge in [0.2, 0.25) is 0 Å². The van der Waals surface area contributed by atoms with Gasteiger partial charge in [0.1, 0.15) is 0 Å². The van der Waals surface area contributed by atoms with E-state index in [4.69, 9.17) is 13.9 Å². The topological polar surface area (TPSA) is 47.9 Å². The first kappa shape index (κ1) is 17.9. The Morgan fingerprint density at radius 3 is 2.39 bits per heavy atom. The molecule has 0 radical (unpaired) electrons. The van der Waals surface area contributed by atoms with Gasteiger partial charge >= 0.3 is 0 Å². The van der Waals surface area contributed by atoms with Gasteiger partial charge in [-0.05, 0) is 49.2 Å². The third-order valence-corrected chi connectivity index (χ3v) is 11.4. The molecule has 0 aromatic carbocycles. The van der Waals surface area contributed by atoms with E-state index in [-0.39, 0.29) is 17.6 Å². The summed E-state index contributed by atoms with van der Waals surface area (Å²) in [5, 5.41) is 10.2. The van der Waals surface area contributed by atoms with Crippen molar-refractivity contribution in [1.29, 1.82) is 0 Å². The van der Waals surface area contributed by atoms with Crippen LogP contribution in [0.1, 0.15) is 46.5 Å². The average molecular weight is 343 g/mol. The molecule has 2 saturated carbocycles. The zero-order valence-electron chi connectivity index (χ0n) is 15.4. The van der Waals surface area contributed by atoms with Crippen LogP contribution < -0.4 is 0 Å². The molecular formula is C18H34O4Si. The van der Waals surface area contributed by atoms with Gasteiger partial charge in [-0.15, -0.1) is 0 Å². The highest BCUT2D eigenvalue weighted by Gasteiger charge is 2.58. The van der Waals surface area contributed by atoms with Gasteiger partial charge in [-0.2, -0.15) is 0 Å². The molecule has 4 nitrogen and oxygen atoms in total. The zero-order valence-corrected chi connectivity index (χ0v) is 16.4. The molecule has 0 bridgehead atoms. The van der Waals surface area contributed by atoms with E-state index in [2.05, 4.69) is 33.9 Å². The van der Waals surface area contributed by atoms with Gasteiger partial charge in [0, 0.05) is 18.4 Å². The minimum Gasteiger partial charge on any atom is -0.414 e. The van der Waals surface area contributed by atoms with E-state index in [9.17, 15) is 5.11 Å². The summed E-state index contributed by atoms with van der Waals surface area (Å²) in [6, 6.07) is 0. The second kappa shape index (κ2) is 6.10. The van der Waals surface area contributed by atoms with Crippen LogP contribution in [0.4, 0.5) is 0 Å². The Morgan fingerprint density at radius 2 is 1.83 bits per heavy atom. The number of rotatable bonds is 3. The standard InChI is InChI=1S/C18H34O4Si/c1-17(2,3)23(4,5)22-14-6-7-15-13(10-14)11-18(16(15)12-19)20-8-9-21-18/h13-16,19H,6-12H2,1-5H3/t13-,14+,15+,16-/m0/s1. The molecule has 2 aliphatic carbocycles. The summed E-state index contributed by atoms with van der Waals surface area (Å²) in [6.45, 7) is 13.1. The molecule has 1 saturated heterocycles. The number of hydrogen-bond donors (Lipinski definition) is 1. The van der Waals surface area contributed by atoms with E-state index in [0.29, 0.717) is 31.2 Å². The summed E-state index contributed by atoms with van der Waals surface area (Å²) >= 11 is 0. The van der Waals surface area contributed by atoms with E-state index in [1.165, 1.54) is 0 Å². The van der Waals surface area contributed by atoms with Crippen molar-refractivity contribution in [2.75, 3.05) is 19.8 Å². The lowest BCUT2D eigenvalue weighted by Gasteiger charge is -2.42. The van der Waals surface area contributed by atoms with Crippen molar-refractivity contribution in [2.45, 2.75) is 76.5 Å². The Hall–Kier alpha value is 0.0569. The summed E-state index contributed by atoms with van der Waals surface area (Å²) in [5.41, 5.74) is 0. The summed E-state index contributed by atoms with van der Waals surface area (Å²) < 4.78 is 18.6. The molecule has 4 atom stereocenters. The average Bonchev–Trinajstić information content (AvgIpc) is 3.01. The van der Waals surface area contributed by atoms with Crippen LogP contribution in [0.5, 0.6) is 0 Å². The summed E-state index contributed by atoms with van der Waals surface area (Å²) in [5.74, 6) is 0.727. The number of hydrogen-bond acceptors (Lipinski definition) is 4. The van der Waals surface area contributed by atoms with Crippen molar-refractivity contribution in [2.24, 2.45) is 17.8 Å². The predicted molar refractivity (Wildman–Crippen MR) is 92.7 cm³/mol. The molecule has 3 aliphatic rings. The van der Waals surface area contributed by atoms with Gasteiger partial charge in [-0.3, -0.25) is 0 Å². The molecule has 0 unspecified atom stereocenters. The molecule has 23 heavy (non-hydrogen) atoms. The Kier molecular flexibility index (Phi) is 4.73. The lowest BCUT2D eigenvalue weighted by Crippen LogP contribution is -2.45. The molecule has 0 aromatic heterocycles. The molecule has 3 fully saturated rings. The Labute approximate surface area is 142 Å². The number of ether oxygens (including phenoxy) is 2. The highest BCUT2D eigenvalue weighted by molar-refractivity contribution is 6.74. The van der Waals surface area contributed by atoms with Crippen molar-refractivity contribution in [3.8, 4) is 0 Å². The van der Waals surface area contributed by atoms with Gasteiger partial charge < -0.3 is 19.0 Å². The smallest absolute Gasteiger partial charge is 0.192 e. The summed E-state index contributed by atoms with van der Waals surface area (Å²) in [4.78, 5) is 0. The van der Waals surface area contributed by atoms with Gasteiger partial charge in [-0.25, -0.2) is 0 Å². The van der Waals surface area contributed by atoms with Crippen LogP contribution in [0.25, 0.3) is 0 Å². The van der Waals surface area contributed by atoms with Gasteiger partial charge in [0.25, 0.3) is 0 Å². The van der Waals surface area contributed by atoms with Crippen LogP contribution in [0.3, 0.4) is 0 Å². The maximum Gasteiger partial charge on any atom is 0.192 e. The summed E-state index contributed by atoms with van der Waals surface area (Å²) in [6.07, 6.45) is 4.64. The van der Waals surface area contributed by atoms with E-state index in [1.807, 2.05) is 0 Å². The van der Waals surface area contributed by atoms with Crippen molar-refractivity contribution < 1.29 is 19.0 Å². The van der Waals surface area contributed by atoms with Crippen LogP contribution in [-0.4, -0.2) is 45.1 Å². The fourth-order valence-electron chi connectivity index (χ4n) is 4.63. The highest BCUT2D eigenvalue weighted by atomic mass is 28.4. The van der Waals surface area contributed by atoms with E-state index in [0.717, 1.165) is 25.7 Å².